The molecular weight excluding hydrogens is 265 g/mol. The van der Waals surface area contributed by atoms with Gasteiger partial charge in [0, 0.05) is 16.5 Å². The Morgan fingerprint density at radius 2 is 1.83 bits per heavy atom. The highest BCUT2D eigenvalue weighted by molar-refractivity contribution is 6.30. The maximum absolute atomic E-state index is 12.9. The van der Waals surface area contributed by atoms with Crippen molar-refractivity contribution in [3.05, 3.63) is 34.3 Å². The minimum absolute atomic E-state index is 0.00898. The van der Waals surface area contributed by atoms with E-state index in [4.69, 9.17) is 11.6 Å². The van der Waals surface area contributed by atoms with Gasteiger partial charge in [0.2, 0.25) is 0 Å². The summed E-state index contributed by atoms with van der Waals surface area (Å²) in [5.74, 6) is -0.677. The number of hydrogen-bond acceptors (Lipinski definition) is 1. The number of benzene rings is 1. The normalized spacial score (nSPS) is 17.1. The zero-order valence-electron chi connectivity index (χ0n) is 9.56. The molecule has 0 radical (unpaired) electrons. The average molecular weight is 277 g/mol. The van der Waals surface area contributed by atoms with E-state index in [-0.39, 0.29) is 16.5 Å². The maximum Gasteiger partial charge on any atom is 0.417 e. The molecular formula is C13H12ClF3O. The van der Waals surface area contributed by atoms with Crippen LogP contribution in [0.1, 0.15) is 41.6 Å². The van der Waals surface area contributed by atoms with Gasteiger partial charge < -0.3 is 0 Å². The summed E-state index contributed by atoms with van der Waals surface area (Å²) in [6, 6.07) is 3.34. The van der Waals surface area contributed by atoms with Gasteiger partial charge in [-0.15, -0.1) is 0 Å². The average Bonchev–Trinajstić information content (AvgIpc) is 2.80. The van der Waals surface area contributed by atoms with Crippen molar-refractivity contribution in [1.29, 1.82) is 0 Å². The van der Waals surface area contributed by atoms with Crippen molar-refractivity contribution in [2.24, 2.45) is 5.92 Å². The predicted octanol–water partition coefficient (Wildman–Crippen LogP) is 4.73. The summed E-state index contributed by atoms with van der Waals surface area (Å²) in [5.41, 5.74) is -1.18. The lowest BCUT2D eigenvalue weighted by Crippen LogP contribution is -2.18. The van der Waals surface area contributed by atoms with Crippen LogP contribution >= 0.6 is 11.6 Å². The Hall–Kier alpha value is -1.03. The third kappa shape index (κ3) is 2.69. The highest BCUT2D eigenvalue weighted by atomic mass is 35.5. The van der Waals surface area contributed by atoms with Gasteiger partial charge in [0.25, 0.3) is 0 Å². The summed E-state index contributed by atoms with van der Waals surface area (Å²) >= 11 is 5.58. The summed E-state index contributed by atoms with van der Waals surface area (Å²) in [6.07, 6.45) is -1.37. The van der Waals surface area contributed by atoms with E-state index in [0.717, 1.165) is 18.9 Å². The molecule has 1 fully saturated rings. The van der Waals surface area contributed by atoms with Gasteiger partial charge in [0.05, 0.1) is 5.56 Å². The maximum atomic E-state index is 12.9. The summed E-state index contributed by atoms with van der Waals surface area (Å²) in [7, 11) is 0. The van der Waals surface area contributed by atoms with E-state index >= 15 is 0 Å². The highest BCUT2D eigenvalue weighted by Gasteiger charge is 2.37. The fourth-order valence-electron chi connectivity index (χ4n) is 2.37. The molecule has 0 unspecified atom stereocenters. The number of rotatable bonds is 2. The molecule has 0 heterocycles. The predicted molar refractivity (Wildman–Crippen MR) is 62.7 cm³/mol. The van der Waals surface area contributed by atoms with Gasteiger partial charge >= 0.3 is 6.18 Å². The lowest BCUT2D eigenvalue weighted by atomic mass is 9.93. The third-order valence-corrected chi connectivity index (χ3v) is 3.51. The van der Waals surface area contributed by atoms with Crippen LogP contribution in [0, 0.1) is 5.92 Å². The topological polar surface area (TPSA) is 17.1 Å². The Morgan fingerprint density at radius 3 is 2.39 bits per heavy atom. The van der Waals surface area contributed by atoms with Crippen LogP contribution in [0.25, 0.3) is 0 Å². The van der Waals surface area contributed by atoms with Crippen LogP contribution in [0.2, 0.25) is 5.02 Å². The Morgan fingerprint density at radius 1 is 1.22 bits per heavy atom. The number of carbonyl (C=O) groups excluding carboxylic acids is 1. The van der Waals surface area contributed by atoms with Crippen LogP contribution in [0.4, 0.5) is 13.2 Å². The molecule has 0 atom stereocenters. The largest absolute Gasteiger partial charge is 0.417 e. The van der Waals surface area contributed by atoms with Gasteiger partial charge in [0.1, 0.15) is 0 Å². The molecule has 1 aromatic rings. The van der Waals surface area contributed by atoms with Crippen LogP contribution in [-0.2, 0) is 6.18 Å². The second kappa shape index (κ2) is 4.92. The molecule has 0 aromatic heterocycles. The van der Waals surface area contributed by atoms with Gasteiger partial charge in [-0.2, -0.15) is 13.2 Å². The molecule has 18 heavy (non-hydrogen) atoms. The quantitative estimate of drug-likeness (QED) is 0.714. The molecule has 1 nitrogen and oxygen atoms in total. The van der Waals surface area contributed by atoms with Gasteiger partial charge in [-0.25, -0.2) is 0 Å². The van der Waals surface area contributed by atoms with Gasteiger partial charge in [-0.05, 0) is 31.0 Å². The number of halogens is 4. The van der Waals surface area contributed by atoms with Crippen LogP contribution in [0.3, 0.4) is 0 Å². The molecule has 0 spiro atoms. The van der Waals surface area contributed by atoms with Crippen LogP contribution in [0.5, 0.6) is 0 Å². The molecule has 5 heteroatoms. The Bertz CT molecular complexity index is 462. The third-order valence-electron chi connectivity index (χ3n) is 3.28. The molecule has 1 aliphatic rings. The number of carbonyl (C=O) groups is 1. The van der Waals surface area contributed by atoms with E-state index in [1.165, 1.54) is 12.1 Å². The fraction of sp³-hybridized carbons (Fsp3) is 0.462. The zero-order chi connectivity index (χ0) is 13.3. The Labute approximate surface area is 108 Å². The van der Waals surface area contributed by atoms with Crippen LogP contribution in [0.15, 0.2) is 18.2 Å². The Balaban J connectivity index is 2.40. The second-order valence-electron chi connectivity index (χ2n) is 4.53. The first-order valence-electron chi connectivity index (χ1n) is 5.80. The fourth-order valence-corrected chi connectivity index (χ4v) is 2.55. The molecule has 0 saturated heterocycles. The second-order valence-corrected chi connectivity index (χ2v) is 4.97. The van der Waals surface area contributed by atoms with E-state index in [1.807, 2.05) is 0 Å². The van der Waals surface area contributed by atoms with Gasteiger partial charge in [-0.1, -0.05) is 24.4 Å². The molecule has 1 saturated carbocycles. The van der Waals surface area contributed by atoms with Crippen molar-refractivity contribution in [1.82, 2.24) is 0 Å². The molecule has 0 aliphatic heterocycles. The lowest BCUT2D eigenvalue weighted by molar-refractivity contribution is -0.137. The SMILES string of the molecule is O=C(c1ccc(Cl)cc1C(F)(F)F)C1CCCC1. The first kappa shape index (κ1) is 13.4. The molecule has 2 rings (SSSR count). The Kier molecular flexibility index (Phi) is 3.66. The standard InChI is InChI=1S/C13H12ClF3O/c14-9-5-6-10(11(7-9)13(15,16)17)12(18)8-3-1-2-4-8/h5-8H,1-4H2. The number of alkyl halides is 3. The number of ketones is 1. The van der Waals surface area contributed by atoms with Crippen molar-refractivity contribution in [3.63, 3.8) is 0 Å². The molecule has 98 valence electrons. The molecule has 0 amide bonds. The van der Waals surface area contributed by atoms with E-state index in [1.54, 1.807) is 0 Å². The minimum atomic E-state index is -4.55. The molecule has 1 aliphatic carbocycles. The van der Waals surface area contributed by atoms with Crippen molar-refractivity contribution in [2.75, 3.05) is 0 Å². The zero-order valence-corrected chi connectivity index (χ0v) is 10.3. The summed E-state index contributed by atoms with van der Waals surface area (Å²) in [4.78, 5) is 12.1. The van der Waals surface area contributed by atoms with Crippen molar-refractivity contribution in [2.45, 2.75) is 31.9 Å². The smallest absolute Gasteiger partial charge is 0.294 e. The van der Waals surface area contributed by atoms with Crippen molar-refractivity contribution >= 4 is 17.4 Å². The monoisotopic (exact) mass is 276 g/mol. The van der Waals surface area contributed by atoms with Crippen molar-refractivity contribution in [3.8, 4) is 0 Å². The number of hydrogen-bond donors (Lipinski definition) is 0. The minimum Gasteiger partial charge on any atom is -0.294 e. The summed E-state index contributed by atoms with van der Waals surface area (Å²) in [6.45, 7) is 0. The first-order chi connectivity index (χ1) is 8.39. The van der Waals surface area contributed by atoms with Gasteiger partial charge in [0.15, 0.2) is 5.78 Å². The van der Waals surface area contributed by atoms with Crippen molar-refractivity contribution < 1.29 is 18.0 Å². The first-order valence-corrected chi connectivity index (χ1v) is 6.18. The lowest BCUT2D eigenvalue weighted by Gasteiger charge is -2.15. The van der Waals surface area contributed by atoms with E-state index in [0.29, 0.717) is 12.8 Å². The number of Topliss-reactive ketones (excluding diaryl/α,β-unsaturated/α-hetero) is 1. The van der Waals surface area contributed by atoms with Crippen LogP contribution in [-0.4, -0.2) is 5.78 Å². The molecule has 0 bridgehead atoms. The summed E-state index contributed by atoms with van der Waals surface area (Å²) in [5, 5.41) is -0.00898. The van der Waals surface area contributed by atoms with E-state index in [9.17, 15) is 18.0 Å². The van der Waals surface area contributed by atoms with Gasteiger partial charge in [-0.3, -0.25) is 4.79 Å². The molecule has 1 aromatic carbocycles. The highest BCUT2D eigenvalue weighted by Crippen LogP contribution is 2.37. The molecule has 0 N–H and O–H groups in total. The van der Waals surface area contributed by atoms with E-state index in [2.05, 4.69) is 0 Å². The van der Waals surface area contributed by atoms with E-state index < -0.39 is 17.5 Å². The summed E-state index contributed by atoms with van der Waals surface area (Å²) < 4.78 is 38.6. The van der Waals surface area contributed by atoms with Crippen LogP contribution < -0.4 is 0 Å².